The zero-order valence-corrected chi connectivity index (χ0v) is 9.27. The van der Waals surface area contributed by atoms with Gasteiger partial charge in [0.2, 0.25) is 0 Å². The molecule has 86 valence electrons. The van der Waals surface area contributed by atoms with E-state index in [1.54, 1.807) is 7.05 Å². The third kappa shape index (κ3) is 5.83. The Morgan fingerprint density at radius 2 is 2.20 bits per heavy atom. The molecule has 0 saturated heterocycles. The van der Waals surface area contributed by atoms with Crippen molar-refractivity contribution in [2.75, 3.05) is 20.1 Å². The third-order valence-electron chi connectivity index (χ3n) is 2.07. The van der Waals surface area contributed by atoms with Crippen LogP contribution in [-0.4, -0.2) is 48.2 Å². The molecule has 0 heterocycles. The summed E-state index contributed by atoms with van der Waals surface area (Å²) in [5.41, 5.74) is 0.820. The van der Waals surface area contributed by atoms with Gasteiger partial charge in [-0.15, -0.1) is 0 Å². The summed E-state index contributed by atoms with van der Waals surface area (Å²) in [5, 5.41) is 8.79. The molecule has 0 aromatic rings. The average molecular weight is 214 g/mol. The van der Waals surface area contributed by atoms with Gasteiger partial charge in [0.15, 0.2) is 0 Å². The van der Waals surface area contributed by atoms with Gasteiger partial charge in [0.05, 0.1) is 13.1 Å². The Morgan fingerprint density at radius 1 is 1.53 bits per heavy atom. The van der Waals surface area contributed by atoms with Crippen LogP contribution in [0.1, 0.15) is 26.2 Å². The molecule has 5 heteroatoms. The minimum atomic E-state index is -1.08. The molecule has 0 saturated carbocycles. The minimum absolute atomic E-state index is 0.0967. The molecule has 0 radical (unpaired) electrons. The summed E-state index contributed by atoms with van der Waals surface area (Å²) in [6.45, 7) is 2.19. The highest BCUT2D eigenvalue weighted by atomic mass is 16.4. The first-order valence-electron chi connectivity index (χ1n) is 5.01. The number of hydrogen-bond acceptors (Lipinski definition) is 3. The molecule has 0 bridgehead atoms. The number of carbonyl (C=O) groups excluding carboxylic acids is 1. The summed E-state index contributed by atoms with van der Waals surface area (Å²) in [7, 11) is 1.64. The van der Waals surface area contributed by atoms with Crippen molar-refractivity contribution in [3.05, 3.63) is 0 Å². The summed E-state index contributed by atoms with van der Waals surface area (Å²) in [6.07, 6.45) is 2.32. The van der Waals surface area contributed by atoms with Crippen LogP contribution in [0.3, 0.4) is 0 Å². The van der Waals surface area contributed by atoms with Crippen molar-refractivity contribution in [1.29, 1.82) is 0 Å². The largest absolute Gasteiger partial charge is 0.465 e. The molecule has 0 unspecified atom stereocenters. The summed E-state index contributed by atoms with van der Waals surface area (Å²) in [4.78, 5) is 26.1. The Kier molecular flexibility index (Phi) is 7.23. The molecule has 1 N–H and O–H groups in total. The monoisotopic (exact) mass is 214 g/mol. The van der Waals surface area contributed by atoms with Gasteiger partial charge in [-0.3, -0.25) is 9.89 Å². The van der Waals surface area contributed by atoms with E-state index < -0.39 is 6.09 Å². The van der Waals surface area contributed by atoms with E-state index in [2.05, 4.69) is 11.9 Å². The fourth-order valence-corrected chi connectivity index (χ4v) is 1.16. The Morgan fingerprint density at radius 3 is 2.60 bits per heavy atom. The van der Waals surface area contributed by atoms with Gasteiger partial charge in [-0.25, -0.2) is 4.79 Å². The van der Waals surface area contributed by atoms with Crippen molar-refractivity contribution in [2.24, 2.45) is 4.99 Å². The first-order chi connectivity index (χ1) is 7.15. The molecule has 0 aliphatic carbocycles. The number of carboxylic acid groups (broad SMARTS) is 1. The number of rotatable bonds is 7. The van der Waals surface area contributed by atoms with Crippen LogP contribution in [-0.2, 0) is 4.79 Å². The van der Waals surface area contributed by atoms with Crippen LogP contribution in [0, 0.1) is 0 Å². The van der Waals surface area contributed by atoms with E-state index in [9.17, 15) is 9.59 Å². The second-order valence-corrected chi connectivity index (χ2v) is 3.22. The molecule has 0 rings (SSSR count). The third-order valence-corrected chi connectivity index (χ3v) is 2.07. The van der Waals surface area contributed by atoms with Gasteiger partial charge < -0.3 is 9.90 Å². The van der Waals surface area contributed by atoms with Crippen molar-refractivity contribution in [2.45, 2.75) is 26.2 Å². The van der Waals surface area contributed by atoms with Crippen molar-refractivity contribution >= 4 is 18.1 Å². The molecule has 5 nitrogen and oxygen atoms in total. The van der Waals surface area contributed by atoms with Crippen molar-refractivity contribution in [1.82, 2.24) is 4.90 Å². The first-order valence-corrected chi connectivity index (χ1v) is 5.01. The van der Waals surface area contributed by atoms with Crippen LogP contribution >= 0.6 is 0 Å². The van der Waals surface area contributed by atoms with Crippen LogP contribution in [0.25, 0.3) is 0 Å². The lowest BCUT2D eigenvalue weighted by atomic mass is 10.1. The number of nitrogens with zero attached hydrogens (tertiary/aromatic N) is 2. The van der Waals surface area contributed by atoms with Crippen LogP contribution in [0.4, 0.5) is 4.79 Å². The standard InChI is InChI=1S/C10H18N2O3/c1-3-4-5-9(11-2)8-12(6-7-13)10(14)15/h7H,3-6,8H2,1-2H3,(H,14,15). The highest BCUT2D eigenvalue weighted by molar-refractivity contribution is 5.89. The molecule has 0 aliphatic heterocycles. The molecule has 0 spiro atoms. The number of aliphatic imine (C=N–C) groups is 1. The van der Waals surface area contributed by atoms with E-state index in [4.69, 9.17) is 5.11 Å². The van der Waals surface area contributed by atoms with Gasteiger partial charge in [-0.2, -0.15) is 0 Å². The molecule has 0 aromatic carbocycles. The second-order valence-electron chi connectivity index (χ2n) is 3.22. The van der Waals surface area contributed by atoms with Crippen LogP contribution in [0.15, 0.2) is 4.99 Å². The van der Waals surface area contributed by atoms with E-state index in [0.29, 0.717) is 6.29 Å². The van der Waals surface area contributed by atoms with E-state index in [1.807, 2.05) is 0 Å². The second kappa shape index (κ2) is 7.96. The molecular weight excluding hydrogens is 196 g/mol. The predicted molar refractivity (Wildman–Crippen MR) is 58.5 cm³/mol. The molecule has 0 fully saturated rings. The maximum Gasteiger partial charge on any atom is 0.408 e. The molecule has 15 heavy (non-hydrogen) atoms. The zero-order valence-electron chi connectivity index (χ0n) is 9.27. The van der Waals surface area contributed by atoms with Gasteiger partial charge in [-0.1, -0.05) is 13.3 Å². The lowest BCUT2D eigenvalue weighted by Crippen LogP contribution is -2.35. The highest BCUT2D eigenvalue weighted by Crippen LogP contribution is 2.00. The van der Waals surface area contributed by atoms with Gasteiger partial charge in [0.25, 0.3) is 0 Å². The lowest BCUT2D eigenvalue weighted by Gasteiger charge is -2.17. The Balaban J connectivity index is 4.22. The Labute approximate surface area is 89.8 Å². The van der Waals surface area contributed by atoms with Crippen LogP contribution < -0.4 is 0 Å². The fourth-order valence-electron chi connectivity index (χ4n) is 1.16. The molecule has 1 amide bonds. The molecule has 0 aliphatic rings. The SMILES string of the molecule is CCCCC(CN(CC=O)C(=O)O)=NC. The number of carbonyl (C=O) groups is 2. The summed E-state index contributed by atoms with van der Waals surface area (Å²) >= 11 is 0. The lowest BCUT2D eigenvalue weighted by molar-refractivity contribution is -0.108. The van der Waals surface area contributed by atoms with Crippen molar-refractivity contribution in [3.8, 4) is 0 Å². The van der Waals surface area contributed by atoms with Gasteiger partial charge in [0, 0.05) is 12.8 Å². The smallest absolute Gasteiger partial charge is 0.408 e. The Hall–Kier alpha value is -1.39. The predicted octanol–water partition coefficient (Wildman–Crippen LogP) is 1.43. The summed E-state index contributed by atoms with van der Waals surface area (Å²) in [6, 6.07) is 0. The van der Waals surface area contributed by atoms with Crippen molar-refractivity contribution in [3.63, 3.8) is 0 Å². The molecule has 0 atom stereocenters. The minimum Gasteiger partial charge on any atom is -0.465 e. The normalized spacial score (nSPS) is 11.2. The number of hydrogen-bond donors (Lipinski definition) is 1. The van der Waals surface area contributed by atoms with E-state index in [1.165, 1.54) is 0 Å². The Bertz CT molecular complexity index is 239. The molecular formula is C10H18N2O3. The highest BCUT2D eigenvalue weighted by Gasteiger charge is 2.13. The quantitative estimate of drug-likeness (QED) is 0.514. The van der Waals surface area contributed by atoms with Crippen LogP contribution in [0.2, 0.25) is 0 Å². The van der Waals surface area contributed by atoms with Crippen molar-refractivity contribution < 1.29 is 14.7 Å². The van der Waals surface area contributed by atoms with Gasteiger partial charge in [0.1, 0.15) is 6.29 Å². The average Bonchev–Trinajstić information content (AvgIpc) is 2.22. The first kappa shape index (κ1) is 13.6. The number of aldehydes is 1. The maximum atomic E-state index is 10.7. The summed E-state index contributed by atoms with van der Waals surface area (Å²) in [5.74, 6) is 0. The molecule has 0 aromatic heterocycles. The topological polar surface area (TPSA) is 70.0 Å². The number of amides is 1. The van der Waals surface area contributed by atoms with E-state index in [-0.39, 0.29) is 13.1 Å². The fraction of sp³-hybridized carbons (Fsp3) is 0.700. The van der Waals surface area contributed by atoms with Crippen LogP contribution in [0.5, 0.6) is 0 Å². The van der Waals surface area contributed by atoms with Gasteiger partial charge >= 0.3 is 6.09 Å². The van der Waals surface area contributed by atoms with E-state index >= 15 is 0 Å². The zero-order chi connectivity index (χ0) is 11.7. The summed E-state index contributed by atoms with van der Waals surface area (Å²) < 4.78 is 0. The maximum absolute atomic E-state index is 10.7. The number of unbranched alkanes of at least 4 members (excludes halogenated alkanes) is 1. The van der Waals surface area contributed by atoms with Gasteiger partial charge in [-0.05, 0) is 12.8 Å². The van der Waals surface area contributed by atoms with E-state index in [0.717, 1.165) is 29.9 Å².